The highest BCUT2D eigenvalue weighted by molar-refractivity contribution is 9.10. The molecule has 20 heavy (non-hydrogen) atoms. The van der Waals surface area contributed by atoms with Crippen LogP contribution in [0.1, 0.15) is 5.56 Å². The van der Waals surface area contributed by atoms with Crippen molar-refractivity contribution in [3.05, 3.63) is 70.6 Å². The van der Waals surface area contributed by atoms with Gasteiger partial charge in [0.2, 0.25) is 0 Å². The molecule has 2 aromatic carbocycles. The highest BCUT2D eigenvalue weighted by Crippen LogP contribution is 2.20. The molecule has 1 aromatic heterocycles. The molecule has 3 aromatic rings. The Kier molecular flexibility index (Phi) is 3.65. The van der Waals surface area contributed by atoms with E-state index in [-0.39, 0.29) is 5.82 Å². The molecule has 0 saturated heterocycles. The van der Waals surface area contributed by atoms with E-state index >= 15 is 0 Å². The molecule has 0 fully saturated rings. The molecule has 2 nitrogen and oxygen atoms in total. The van der Waals surface area contributed by atoms with Crippen LogP contribution >= 0.6 is 15.9 Å². The van der Waals surface area contributed by atoms with Gasteiger partial charge in [0.05, 0.1) is 11.7 Å². The van der Waals surface area contributed by atoms with E-state index in [0.29, 0.717) is 16.8 Å². The Morgan fingerprint density at radius 1 is 1.10 bits per heavy atom. The summed E-state index contributed by atoms with van der Waals surface area (Å²) >= 11 is 3.26. The quantitative estimate of drug-likeness (QED) is 0.693. The van der Waals surface area contributed by atoms with E-state index in [1.54, 1.807) is 6.20 Å². The number of rotatable bonds is 3. The zero-order valence-electron chi connectivity index (χ0n) is 10.5. The largest absolute Gasteiger partial charge is 0.487 e. The first-order valence-electron chi connectivity index (χ1n) is 6.13. The van der Waals surface area contributed by atoms with Gasteiger partial charge in [-0.1, -0.05) is 34.1 Å². The van der Waals surface area contributed by atoms with Gasteiger partial charge in [-0.3, -0.25) is 4.98 Å². The van der Waals surface area contributed by atoms with Crippen LogP contribution in [0.15, 0.2) is 59.2 Å². The van der Waals surface area contributed by atoms with Crippen LogP contribution in [0.4, 0.5) is 4.39 Å². The third-order valence-corrected chi connectivity index (χ3v) is 3.35. The van der Waals surface area contributed by atoms with Gasteiger partial charge in [0.25, 0.3) is 0 Å². The van der Waals surface area contributed by atoms with Crippen LogP contribution in [0.25, 0.3) is 10.9 Å². The third-order valence-electron chi connectivity index (χ3n) is 2.89. The summed E-state index contributed by atoms with van der Waals surface area (Å²) in [6.07, 6.45) is 1.68. The fourth-order valence-corrected chi connectivity index (χ4v) is 2.50. The molecular weight excluding hydrogens is 321 g/mol. The average Bonchev–Trinajstić information content (AvgIpc) is 2.44. The minimum atomic E-state index is -0.283. The van der Waals surface area contributed by atoms with Gasteiger partial charge in [0, 0.05) is 9.86 Å². The lowest BCUT2D eigenvalue weighted by molar-refractivity contribution is 0.305. The molecule has 0 aliphatic rings. The number of pyridine rings is 1. The zero-order valence-corrected chi connectivity index (χ0v) is 12.1. The fourth-order valence-electron chi connectivity index (χ4n) is 1.99. The number of fused-ring (bicyclic) bond motifs is 1. The van der Waals surface area contributed by atoms with Crippen molar-refractivity contribution in [1.82, 2.24) is 4.98 Å². The van der Waals surface area contributed by atoms with E-state index in [4.69, 9.17) is 4.74 Å². The van der Waals surface area contributed by atoms with Crippen molar-refractivity contribution in [3.63, 3.8) is 0 Å². The number of hydrogen-bond acceptors (Lipinski definition) is 2. The minimum absolute atomic E-state index is 0.283. The van der Waals surface area contributed by atoms with Crippen molar-refractivity contribution >= 4 is 26.8 Å². The number of nitrogens with zero attached hydrogens (tertiary/aromatic N) is 1. The van der Waals surface area contributed by atoms with Crippen LogP contribution in [0.5, 0.6) is 5.75 Å². The molecule has 0 amide bonds. The van der Waals surface area contributed by atoms with E-state index in [1.165, 1.54) is 12.1 Å². The molecule has 4 heteroatoms. The molecule has 0 unspecified atom stereocenters. The minimum Gasteiger partial charge on any atom is -0.487 e. The second-order valence-electron chi connectivity index (χ2n) is 4.43. The summed E-state index contributed by atoms with van der Waals surface area (Å²) in [5.74, 6) is 0.388. The molecule has 0 N–H and O–H groups in total. The molecule has 1 heterocycles. The van der Waals surface area contributed by atoms with Gasteiger partial charge >= 0.3 is 0 Å². The number of para-hydroxylation sites is 1. The molecular formula is C16H11BrFNO. The van der Waals surface area contributed by atoms with Crippen molar-refractivity contribution in [1.29, 1.82) is 0 Å². The lowest BCUT2D eigenvalue weighted by Crippen LogP contribution is -1.97. The van der Waals surface area contributed by atoms with Gasteiger partial charge in [-0.15, -0.1) is 0 Å². The summed E-state index contributed by atoms with van der Waals surface area (Å²) in [6, 6.07) is 14.5. The molecule has 0 radical (unpaired) electrons. The van der Waals surface area contributed by atoms with Crippen LogP contribution in [0, 0.1) is 5.82 Å². The van der Waals surface area contributed by atoms with E-state index in [0.717, 1.165) is 16.5 Å². The molecule has 0 atom stereocenters. The van der Waals surface area contributed by atoms with Gasteiger partial charge in [-0.05, 0) is 35.9 Å². The highest BCUT2D eigenvalue weighted by Gasteiger charge is 2.02. The Hall–Kier alpha value is -1.94. The molecule has 0 aliphatic carbocycles. The average molecular weight is 332 g/mol. The first-order valence-corrected chi connectivity index (χ1v) is 6.92. The van der Waals surface area contributed by atoms with E-state index in [1.807, 2.05) is 36.4 Å². The fraction of sp³-hybridized carbons (Fsp3) is 0.0625. The third kappa shape index (κ3) is 2.96. The Balaban J connectivity index is 1.79. The lowest BCUT2D eigenvalue weighted by Gasteiger charge is -2.07. The van der Waals surface area contributed by atoms with Gasteiger partial charge < -0.3 is 4.74 Å². The Morgan fingerprint density at radius 2 is 1.95 bits per heavy atom. The van der Waals surface area contributed by atoms with Gasteiger partial charge in [-0.25, -0.2) is 4.39 Å². The second kappa shape index (κ2) is 5.59. The van der Waals surface area contributed by atoms with Gasteiger partial charge in [0.1, 0.15) is 18.2 Å². The Morgan fingerprint density at radius 3 is 2.80 bits per heavy atom. The van der Waals surface area contributed by atoms with Crippen LogP contribution in [-0.2, 0) is 6.61 Å². The predicted molar refractivity (Wildman–Crippen MR) is 80.2 cm³/mol. The molecule has 0 spiro atoms. The lowest BCUT2D eigenvalue weighted by atomic mass is 10.2. The highest BCUT2D eigenvalue weighted by atomic mass is 79.9. The molecule has 0 aliphatic heterocycles. The molecule has 0 bridgehead atoms. The predicted octanol–water partition coefficient (Wildman–Crippen LogP) is 4.72. The molecule has 100 valence electrons. The Bertz CT molecular complexity index is 740. The summed E-state index contributed by atoms with van der Waals surface area (Å²) in [6.45, 7) is 0.302. The normalized spacial score (nSPS) is 10.7. The van der Waals surface area contributed by atoms with E-state index in [2.05, 4.69) is 20.9 Å². The van der Waals surface area contributed by atoms with Gasteiger partial charge in [-0.2, -0.15) is 0 Å². The smallest absolute Gasteiger partial charge is 0.138 e. The monoisotopic (exact) mass is 331 g/mol. The topological polar surface area (TPSA) is 22.1 Å². The number of ether oxygens (including phenoxy) is 1. The van der Waals surface area contributed by atoms with Crippen molar-refractivity contribution in [2.45, 2.75) is 6.61 Å². The van der Waals surface area contributed by atoms with Gasteiger partial charge in [0.15, 0.2) is 0 Å². The first-order chi connectivity index (χ1) is 9.70. The first kappa shape index (κ1) is 13.1. The van der Waals surface area contributed by atoms with Crippen molar-refractivity contribution < 1.29 is 9.13 Å². The second-order valence-corrected chi connectivity index (χ2v) is 5.35. The maximum absolute atomic E-state index is 13.3. The number of hydrogen-bond donors (Lipinski definition) is 0. The van der Waals surface area contributed by atoms with Crippen molar-refractivity contribution in [2.75, 3.05) is 0 Å². The number of benzene rings is 2. The molecule has 3 rings (SSSR count). The SMILES string of the molecule is Fc1cc(Br)cc(COc2cnc3ccccc3c2)c1. The van der Waals surface area contributed by atoms with E-state index in [9.17, 15) is 4.39 Å². The van der Waals surface area contributed by atoms with Crippen LogP contribution in [-0.4, -0.2) is 4.98 Å². The van der Waals surface area contributed by atoms with Crippen molar-refractivity contribution in [3.8, 4) is 5.75 Å². The summed E-state index contributed by atoms with van der Waals surface area (Å²) in [5, 5.41) is 1.02. The maximum Gasteiger partial charge on any atom is 0.138 e. The number of halogens is 2. The zero-order chi connectivity index (χ0) is 13.9. The van der Waals surface area contributed by atoms with Crippen molar-refractivity contribution in [2.24, 2.45) is 0 Å². The van der Waals surface area contributed by atoms with Crippen LogP contribution in [0.2, 0.25) is 0 Å². The summed E-state index contributed by atoms with van der Waals surface area (Å²) in [7, 11) is 0. The molecule has 0 saturated carbocycles. The summed E-state index contributed by atoms with van der Waals surface area (Å²) in [4.78, 5) is 4.32. The number of aromatic nitrogens is 1. The van der Waals surface area contributed by atoms with Crippen LogP contribution in [0.3, 0.4) is 0 Å². The van der Waals surface area contributed by atoms with E-state index < -0.39 is 0 Å². The summed E-state index contributed by atoms with van der Waals surface area (Å²) in [5.41, 5.74) is 1.69. The standard InChI is InChI=1S/C16H11BrFNO/c17-13-5-11(6-14(18)8-13)10-20-15-7-12-3-1-2-4-16(12)19-9-15/h1-9H,10H2. The maximum atomic E-state index is 13.3. The van der Waals surface area contributed by atoms with Crippen LogP contribution < -0.4 is 4.74 Å². The summed E-state index contributed by atoms with van der Waals surface area (Å²) < 4.78 is 19.6. The Labute approximate surface area is 124 Å².